The number of thiophene rings is 1. The maximum absolute atomic E-state index is 10.0. The fourth-order valence-corrected chi connectivity index (χ4v) is 8.07. The van der Waals surface area contributed by atoms with E-state index in [4.69, 9.17) is 24.7 Å². The molecule has 0 N–H and O–H groups in total. The lowest BCUT2D eigenvalue weighted by Gasteiger charge is -2.10. The molecule has 9 aromatic carbocycles. The largest absolute Gasteiger partial charge is 0.309 e. The van der Waals surface area contributed by atoms with E-state index in [2.05, 4.69) is 0 Å². The van der Waals surface area contributed by atoms with Crippen molar-refractivity contribution < 1.29 is 45.2 Å². The van der Waals surface area contributed by atoms with Crippen LogP contribution in [0.1, 0.15) is 45.2 Å². The average molecular weight is 776 g/mol. The molecule has 57 heavy (non-hydrogen) atoms. The number of nitrogens with zero attached hydrogens (tertiary/aromatic N) is 2. The molecule has 0 bridgehead atoms. The fourth-order valence-electron chi connectivity index (χ4n) is 6.86. The van der Waals surface area contributed by atoms with Crippen LogP contribution in [0.15, 0.2) is 205 Å². The highest BCUT2D eigenvalue weighted by Gasteiger charge is 2.19. The van der Waals surface area contributed by atoms with E-state index in [1.807, 2.05) is 0 Å². The summed E-state index contributed by atoms with van der Waals surface area (Å²) in [5.41, 5.74) is -7.80. The predicted octanol–water partition coefficient (Wildman–Crippen LogP) is 15.2. The predicted molar refractivity (Wildman–Crippen MR) is 244 cm³/mol. The van der Waals surface area contributed by atoms with Crippen molar-refractivity contribution in [1.82, 2.24) is 9.13 Å². The molecule has 0 unspecified atom stereocenters. The van der Waals surface area contributed by atoms with Crippen molar-refractivity contribution in [2.24, 2.45) is 0 Å². The Hall–Kier alpha value is -7.20. The summed E-state index contributed by atoms with van der Waals surface area (Å²) >= 11 is 0.485. The van der Waals surface area contributed by atoms with Gasteiger partial charge in [0.25, 0.3) is 0 Å². The second-order valence-corrected chi connectivity index (χ2v) is 13.4. The Balaban J connectivity index is 1.23. The minimum Gasteiger partial charge on any atom is -0.309 e. The van der Waals surface area contributed by atoms with Crippen molar-refractivity contribution >= 4 is 75.1 Å². The Morgan fingerprint density at radius 2 is 0.860 bits per heavy atom. The van der Waals surface area contributed by atoms with Crippen LogP contribution in [0.5, 0.6) is 0 Å². The van der Waals surface area contributed by atoms with Crippen LogP contribution in [0.2, 0.25) is 0 Å². The van der Waals surface area contributed by atoms with Gasteiger partial charge in [-0.3, -0.25) is 0 Å². The van der Waals surface area contributed by atoms with Gasteiger partial charge in [0.1, 0.15) is 0 Å². The summed E-state index contributed by atoms with van der Waals surface area (Å²) < 4.78 is 300. The Kier molecular flexibility index (Phi) is 3.00. The van der Waals surface area contributed by atoms with Gasteiger partial charge in [0.15, 0.2) is 0 Å². The second kappa shape index (κ2) is 12.7. The van der Waals surface area contributed by atoms with Gasteiger partial charge in [-0.05, 0) is 87.8 Å². The number of hydrogen-bond donors (Lipinski definition) is 0. The van der Waals surface area contributed by atoms with Gasteiger partial charge < -0.3 is 9.13 Å². The van der Waals surface area contributed by atoms with Crippen molar-refractivity contribution in [2.45, 2.75) is 0 Å². The van der Waals surface area contributed by atoms with Gasteiger partial charge in [-0.15, -0.1) is 11.3 Å². The first kappa shape index (κ1) is 13.5. The van der Waals surface area contributed by atoms with Crippen molar-refractivity contribution in [3.8, 4) is 44.8 Å². The summed E-state index contributed by atoms with van der Waals surface area (Å²) in [7, 11) is 0. The molecule has 0 atom stereocenters. The van der Waals surface area contributed by atoms with Crippen molar-refractivity contribution in [1.29, 1.82) is 0 Å². The molecule has 12 rings (SSSR count). The van der Waals surface area contributed by atoms with Gasteiger partial charge in [-0.2, -0.15) is 0 Å². The Bertz CT molecular complexity index is 5380. The summed E-state index contributed by atoms with van der Waals surface area (Å²) in [5.74, 6) is 0. The van der Waals surface area contributed by atoms with Gasteiger partial charge in [0, 0.05) is 42.7 Å². The summed E-state index contributed by atoms with van der Waals surface area (Å²) in [6, 6.07) is -28.3. The van der Waals surface area contributed by atoms with Crippen LogP contribution < -0.4 is 0 Å². The monoisotopic (exact) mass is 775 g/mol. The lowest BCUT2D eigenvalue weighted by atomic mass is 9.99. The summed E-state index contributed by atoms with van der Waals surface area (Å²) in [6.07, 6.45) is 0. The van der Waals surface area contributed by atoms with Crippen molar-refractivity contribution in [3.63, 3.8) is 0 Å². The van der Waals surface area contributed by atoms with E-state index in [1.165, 1.54) is 0 Å². The van der Waals surface area contributed by atoms with Gasteiger partial charge in [0.2, 0.25) is 0 Å². The van der Waals surface area contributed by atoms with E-state index in [0.717, 1.165) is 15.2 Å². The molecule has 0 aliphatic heterocycles. The highest BCUT2D eigenvalue weighted by atomic mass is 32.1. The molecule has 3 heterocycles. The molecule has 2 nitrogen and oxygen atoms in total. The topological polar surface area (TPSA) is 9.86 Å². The quantitative estimate of drug-likeness (QED) is 0.165. The van der Waals surface area contributed by atoms with Crippen LogP contribution in [0.4, 0.5) is 0 Å². The van der Waals surface area contributed by atoms with Gasteiger partial charge in [-0.25, -0.2) is 0 Å². The first-order valence-electron chi connectivity index (χ1n) is 33.3. The molecule has 0 saturated heterocycles. The number of para-hydroxylation sites is 3. The Morgan fingerprint density at radius 3 is 1.61 bits per heavy atom. The highest BCUT2D eigenvalue weighted by Crippen LogP contribution is 2.45. The molecule has 266 valence electrons. The van der Waals surface area contributed by atoms with Crippen LogP contribution >= 0.6 is 11.3 Å². The van der Waals surface area contributed by atoms with E-state index in [0.29, 0.717) is 11.3 Å². The number of aromatic nitrogens is 2. The number of hydrogen-bond acceptors (Lipinski definition) is 1. The van der Waals surface area contributed by atoms with E-state index in [9.17, 15) is 20.6 Å². The summed E-state index contributed by atoms with van der Waals surface area (Å²) in [5, 5.41) is -3.05. The molecule has 12 aromatic rings. The van der Waals surface area contributed by atoms with Crippen LogP contribution in [0.25, 0.3) is 109 Å². The molecule has 3 heteroatoms. The third-order valence-electron chi connectivity index (χ3n) is 9.29. The van der Waals surface area contributed by atoms with Crippen molar-refractivity contribution in [2.75, 3.05) is 0 Å². The minimum absolute atomic E-state index is 0.331. The molecule has 0 aliphatic carbocycles. The first-order chi connectivity index (χ1) is 42.0. The zero-order valence-electron chi connectivity index (χ0n) is 61.4. The van der Waals surface area contributed by atoms with E-state index in [1.54, 1.807) is 0 Å². The number of rotatable bonds is 5. The standard InChI is InChI=1S/C54H34N2S/c1-3-13-35(14-4-1)36-25-27-37(28-26-36)41-19-11-20-44-45-21-12-24-52(54(45)57-53(41)44)56-49-23-10-8-18-43(49)47-34-39(30-32-51(47)56)38-29-31-50-46(33-38)42-17-7-9-22-48(42)55(50)40-15-5-2-6-16-40/h1-34H/i1D,2D,3D,4D,5D,6D,7D,8D,9D,10D,11D,12D,13D,14D,15D,16D,17D,18D,19D,20D,21D,23D,24D,25D,26D,27D,28D,29D,30D,31D,32D,33D,34D. The molecular formula is C54H34N2S. The smallest absolute Gasteiger partial charge is 0.0645 e. The van der Waals surface area contributed by atoms with E-state index in [-0.39, 0.29) is 14.9 Å². The molecule has 0 saturated carbocycles. The van der Waals surface area contributed by atoms with Crippen LogP contribution in [0.3, 0.4) is 0 Å². The molecule has 0 radical (unpaired) electrons. The fraction of sp³-hybridized carbons (Fsp3) is 0. The second-order valence-electron chi connectivity index (χ2n) is 12.3. The average Bonchev–Trinajstić information content (AvgIpc) is 1.65. The lowest BCUT2D eigenvalue weighted by molar-refractivity contribution is 1.18. The SMILES string of the molecule is [2H]c1cc2c(c([2H])c1[2H])c1c([2H])c(-c3c([2H])c([2H])c4c(c3[2H])c3c([2H])c([2H])c([2H])c([2H])c3n4-c3c([2H])c([2H])c([2H])c4c3sc3c(-c5c([2H])c([2H])c(-c6c([2H])c([2H])c([2H])c([2H])c6[2H])c([2H])c5[2H])c([2H])c([2H])c([2H])c34)c([2H])c([2H])c1n2-c1c([2H])c([2H])c([2H])c([2H])c1[2H]. The Labute approximate surface area is 380 Å². The maximum Gasteiger partial charge on any atom is 0.0645 e. The van der Waals surface area contributed by atoms with Gasteiger partial charge in [-0.1, -0.05) is 151 Å². The number of fused-ring (bicyclic) bond motifs is 9. The third kappa shape index (κ3) is 4.96. The molecule has 3 aromatic heterocycles. The lowest BCUT2D eigenvalue weighted by Crippen LogP contribution is -1.94. The molecular weight excluding hydrogens is 709 g/mol. The summed E-state index contributed by atoms with van der Waals surface area (Å²) in [6.45, 7) is 0. The summed E-state index contributed by atoms with van der Waals surface area (Å²) in [4.78, 5) is 0. The van der Waals surface area contributed by atoms with Crippen LogP contribution in [-0.4, -0.2) is 9.13 Å². The normalized spacial score (nSPS) is 20.0. The first-order valence-corrected chi connectivity index (χ1v) is 17.6. The van der Waals surface area contributed by atoms with E-state index < -0.39 is 293 Å². The van der Waals surface area contributed by atoms with Crippen molar-refractivity contribution in [3.05, 3.63) is 205 Å². The maximum atomic E-state index is 10.0. The molecule has 0 amide bonds. The van der Waals surface area contributed by atoms with E-state index >= 15 is 0 Å². The van der Waals surface area contributed by atoms with Crippen LogP contribution in [0, 0.1) is 0 Å². The zero-order chi connectivity index (χ0) is 66.2. The van der Waals surface area contributed by atoms with Gasteiger partial charge >= 0.3 is 0 Å². The Morgan fingerprint density at radius 1 is 0.333 bits per heavy atom. The van der Waals surface area contributed by atoms with Gasteiger partial charge in [0.05, 0.1) is 77.7 Å². The molecule has 0 fully saturated rings. The third-order valence-corrected chi connectivity index (χ3v) is 10.5. The van der Waals surface area contributed by atoms with Crippen LogP contribution in [-0.2, 0) is 0 Å². The minimum atomic E-state index is -1.05. The highest BCUT2D eigenvalue weighted by molar-refractivity contribution is 7.26. The zero-order valence-corrected chi connectivity index (χ0v) is 29.2. The molecule has 0 aliphatic rings. The molecule has 0 spiro atoms. The number of benzene rings is 9.